The number of hydrogen-bond acceptors (Lipinski definition) is 5. The lowest BCUT2D eigenvalue weighted by atomic mass is 9.97. The zero-order valence-electron chi connectivity index (χ0n) is 18.2. The first-order valence-corrected chi connectivity index (χ1v) is 9.92. The Morgan fingerprint density at radius 1 is 1.34 bits per heavy atom. The molecule has 1 aliphatic heterocycles. The molecular formula is C21H35IN4O3. The number of aliphatic imine (C=N–C) groups is 1. The number of carbonyl (C=O) groups is 1. The molecule has 1 heterocycles. The summed E-state index contributed by atoms with van der Waals surface area (Å²) in [6.07, 6.45) is 1.60. The van der Waals surface area contributed by atoms with E-state index in [-0.39, 0.29) is 41.9 Å². The summed E-state index contributed by atoms with van der Waals surface area (Å²) < 4.78 is 10.5. The molecule has 29 heavy (non-hydrogen) atoms. The molecule has 164 valence electrons. The number of carbonyl (C=O) groups excluding carboxylic acids is 1. The molecule has 1 fully saturated rings. The van der Waals surface area contributed by atoms with E-state index in [2.05, 4.69) is 46.3 Å². The summed E-state index contributed by atoms with van der Waals surface area (Å²) in [6.45, 7) is 4.62. The van der Waals surface area contributed by atoms with E-state index in [0.29, 0.717) is 6.61 Å². The molecule has 0 amide bonds. The summed E-state index contributed by atoms with van der Waals surface area (Å²) in [6, 6.07) is 8.34. The number of halogens is 1. The lowest BCUT2D eigenvalue weighted by Gasteiger charge is -2.34. The van der Waals surface area contributed by atoms with Gasteiger partial charge in [-0.2, -0.15) is 0 Å². The fraction of sp³-hybridized carbons (Fsp3) is 0.619. The summed E-state index contributed by atoms with van der Waals surface area (Å²) in [4.78, 5) is 20.8. The third kappa shape index (κ3) is 7.33. The summed E-state index contributed by atoms with van der Waals surface area (Å²) >= 11 is 0. The molecule has 2 rings (SSSR count). The largest absolute Gasteiger partial charge is 0.497 e. The van der Waals surface area contributed by atoms with Crippen molar-refractivity contribution in [1.29, 1.82) is 0 Å². The van der Waals surface area contributed by atoms with Crippen LogP contribution in [0.3, 0.4) is 0 Å². The van der Waals surface area contributed by atoms with Crippen LogP contribution in [0.4, 0.5) is 0 Å². The first-order valence-electron chi connectivity index (χ1n) is 9.92. The van der Waals surface area contributed by atoms with Gasteiger partial charge in [0.25, 0.3) is 0 Å². The Bertz CT molecular complexity index is 661. The lowest BCUT2D eigenvalue weighted by Crippen LogP contribution is -2.48. The van der Waals surface area contributed by atoms with Crippen molar-refractivity contribution in [3.8, 4) is 5.75 Å². The van der Waals surface area contributed by atoms with Gasteiger partial charge in [-0.25, -0.2) is 0 Å². The fourth-order valence-electron chi connectivity index (χ4n) is 3.55. The highest BCUT2D eigenvalue weighted by molar-refractivity contribution is 14.0. The van der Waals surface area contributed by atoms with E-state index in [1.54, 1.807) is 14.2 Å². The SMILES string of the molecule is CCOC(=O)C1CCN(C(=NC)NCC(c2cccc(OC)c2)N(C)C)CC1.I. The van der Waals surface area contributed by atoms with Crippen molar-refractivity contribution in [2.45, 2.75) is 25.8 Å². The van der Waals surface area contributed by atoms with Gasteiger partial charge in [0.1, 0.15) is 5.75 Å². The van der Waals surface area contributed by atoms with Gasteiger partial charge in [-0.05, 0) is 51.6 Å². The van der Waals surface area contributed by atoms with E-state index >= 15 is 0 Å². The average molecular weight is 518 g/mol. The van der Waals surface area contributed by atoms with Crippen molar-refractivity contribution in [2.24, 2.45) is 10.9 Å². The van der Waals surface area contributed by atoms with Crippen LogP contribution in [0.1, 0.15) is 31.4 Å². The van der Waals surface area contributed by atoms with E-state index < -0.39 is 0 Å². The molecule has 1 aliphatic rings. The van der Waals surface area contributed by atoms with Crippen molar-refractivity contribution in [1.82, 2.24) is 15.1 Å². The number of likely N-dealkylation sites (N-methyl/N-ethyl adjacent to an activating group) is 1. The number of methoxy groups -OCH3 is 1. The quantitative estimate of drug-likeness (QED) is 0.259. The maximum Gasteiger partial charge on any atom is 0.309 e. The summed E-state index contributed by atoms with van der Waals surface area (Å²) in [5, 5.41) is 3.50. The standard InChI is InChI=1S/C21H34N4O3.HI/c1-6-28-20(26)16-10-12-25(13-11-16)21(22-2)23-15-19(24(3)4)17-8-7-9-18(14-17)27-5;/h7-9,14,16,19H,6,10-13,15H2,1-5H3,(H,22,23);1H. The zero-order valence-corrected chi connectivity index (χ0v) is 20.5. The van der Waals surface area contributed by atoms with Crippen LogP contribution >= 0.6 is 24.0 Å². The van der Waals surface area contributed by atoms with Crippen LogP contribution in [0, 0.1) is 5.92 Å². The minimum atomic E-state index is -0.0733. The Balaban J connectivity index is 0.00000420. The number of esters is 1. The Morgan fingerprint density at radius 2 is 2.03 bits per heavy atom. The molecule has 0 saturated carbocycles. The van der Waals surface area contributed by atoms with E-state index in [1.165, 1.54) is 5.56 Å². The summed E-state index contributed by atoms with van der Waals surface area (Å²) in [5.41, 5.74) is 1.19. The van der Waals surface area contributed by atoms with Gasteiger partial charge in [0.15, 0.2) is 5.96 Å². The monoisotopic (exact) mass is 518 g/mol. The lowest BCUT2D eigenvalue weighted by molar-refractivity contribution is -0.149. The summed E-state index contributed by atoms with van der Waals surface area (Å²) in [7, 11) is 7.62. The van der Waals surface area contributed by atoms with Crippen LogP contribution in [-0.2, 0) is 9.53 Å². The van der Waals surface area contributed by atoms with Gasteiger partial charge < -0.3 is 24.6 Å². The van der Waals surface area contributed by atoms with Crippen molar-refractivity contribution in [2.75, 3.05) is 54.5 Å². The molecule has 1 aromatic carbocycles. The minimum Gasteiger partial charge on any atom is -0.497 e. The van der Waals surface area contributed by atoms with Crippen LogP contribution in [-0.4, -0.2) is 76.2 Å². The van der Waals surface area contributed by atoms with E-state index in [4.69, 9.17) is 9.47 Å². The molecule has 0 spiro atoms. The molecule has 8 heteroatoms. The van der Waals surface area contributed by atoms with Crippen LogP contribution in [0.15, 0.2) is 29.3 Å². The maximum absolute atomic E-state index is 11.9. The first kappa shape index (κ1) is 25.5. The number of benzene rings is 1. The number of likely N-dealkylation sites (tertiary alicyclic amines) is 1. The van der Waals surface area contributed by atoms with Crippen molar-refractivity contribution in [3.05, 3.63) is 29.8 Å². The van der Waals surface area contributed by atoms with Gasteiger partial charge in [-0.1, -0.05) is 12.1 Å². The average Bonchev–Trinajstić information content (AvgIpc) is 2.71. The zero-order chi connectivity index (χ0) is 20.5. The van der Waals surface area contributed by atoms with Gasteiger partial charge in [0.05, 0.1) is 25.7 Å². The molecule has 1 saturated heterocycles. The second kappa shape index (κ2) is 12.9. The molecule has 0 aliphatic carbocycles. The molecule has 1 unspecified atom stereocenters. The molecular weight excluding hydrogens is 483 g/mol. The number of nitrogens with one attached hydrogen (secondary N) is 1. The molecule has 1 aromatic rings. The number of hydrogen-bond donors (Lipinski definition) is 1. The number of rotatable bonds is 7. The molecule has 7 nitrogen and oxygen atoms in total. The summed E-state index contributed by atoms with van der Waals surface area (Å²) in [5.74, 6) is 1.66. The van der Waals surface area contributed by atoms with Gasteiger partial charge in [0, 0.05) is 26.7 Å². The molecule has 1 N–H and O–H groups in total. The highest BCUT2D eigenvalue weighted by Crippen LogP contribution is 2.23. The smallest absolute Gasteiger partial charge is 0.309 e. The van der Waals surface area contributed by atoms with Gasteiger partial charge in [-0.15, -0.1) is 24.0 Å². The number of ether oxygens (including phenoxy) is 2. The van der Waals surface area contributed by atoms with Crippen LogP contribution in [0.2, 0.25) is 0 Å². The topological polar surface area (TPSA) is 66.4 Å². The highest BCUT2D eigenvalue weighted by Gasteiger charge is 2.27. The van der Waals surface area contributed by atoms with Crippen LogP contribution in [0.5, 0.6) is 5.75 Å². The molecule has 0 radical (unpaired) electrons. The first-order chi connectivity index (χ1) is 13.5. The minimum absolute atomic E-state index is 0. The van der Waals surface area contributed by atoms with Crippen molar-refractivity contribution < 1.29 is 14.3 Å². The van der Waals surface area contributed by atoms with E-state index in [1.807, 2.05) is 19.1 Å². The van der Waals surface area contributed by atoms with Gasteiger partial charge in [0.2, 0.25) is 0 Å². The Kier molecular flexibility index (Phi) is 11.3. The molecule has 0 aromatic heterocycles. The van der Waals surface area contributed by atoms with E-state index in [0.717, 1.165) is 44.2 Å². The Morgan fingerprint density at radius 3 is 2.59 bits per heavy atom. The maximum atomic E-state index is 11.9. The van der Waals surface area contributed by atoms with Gasteiger partial charge >= 0.3 is 5.97 Å². The second-order valence-corrected chi connectivity index (χ2v) is 7.20. The highest BCUT2D eigenvalue weighted by atomic mass is 127. The Labute approximate surface area is 191 Å². The predicted octanol–water partition coefficient (Wildman–Crippen LogP) is 2.77. The normalized spacial score (nSPS) is 16.2. The Hall–Kier alpha value is -1.55. The van der Waals surface area contributed by atoms with Crippen LogP contribution < -0.4 is 10.1 Å². The molecule has 0 bridgehead atoms. The number of guanidine groups is 1. The predicted molar refractivity (Wildman–Crippen MR) is 127 cm³/mol. The third-order valence-corrected chi connectivity index (χ3v) is 5.18. The van der Waals surface area contributed by atoms with Crippen molar-refractivity contribution >= 4 is 35.9 Å². The van der Waals surface area contributed by atoms with Crippen LogP contribution in [0.25, 0.3) is 0 Å². The molecule has 1 atom stereocenters. The van der Waals surface area contributed by atoms with Gasteiger partial charge in [-0.3, -0.25) is 9.79 Å². The van der Waals surface area contributed by atoms with E-state index in [9.17, 15) is 4.79 Å². The van der Waals surface area contributed by atoms with Crippen molar-refractivity contribution in [3.63, 3.8) is 0 Å². The third-order valence-electron chi connectivity index (χ3n) is 5.18. The number of piperidine rings is 1. The number of nitrogens with zero attached hydrogens (tertiary/aromatic N) is 3. The fourth-order valence-corrected chi connectivity index (χ4v) is 3.55. The second-order valence-electron chi connectivity index (χ2n) is 7.20.